The molecule has 0 saturated heterocycles. The second-order valence-corrected chi connectivity index (χ2v) is 4.76. The Morgan fingerprint density at radius 1 is 1.29 bits per heavy atom. The van der Waals surface area contributed by atoms with E-state index in [1.807, 2.05) is 6.07 Å². The Bertz CT molecular complexity index is 400. The lowest BCUT2D eigenvalue weighted by atomic mass is 9.95. The third kappa shape index (κ3) is 1.48. The molecule has 0 amide bonds. The van der Waals surface area contributed by atoms with Crippen molar-refractivity contribution in [2.24, 2.45) is 5.92 Å². The minimum absolute atomic E-state index is 0.592. The van der Waals surface area contributed by atoms with Crippen LogP contribution >= 0.6 is 11.6 Å². The van der Waals surface area contributed by atoms with Crippen LogP contribution in [0.2, 0.25) is 5.02 Å². The highest BCUT2D eigenvalue weighted by Gasteiger charge is 2.20. The number of halogens is 1. The maximum absolute atomic E-state index is 6.02. The van der Waals surface area contributed by atoms with Crippen LogP contribution in [-0.4, -0.2) is 0 Å². The van der Waals surface area contributed by atoms with Crippen LogP contribution in [0.3, 0.4) is 0 Å². The minimum Gasteiger partial charge on any atom is -0.0843 e. The van der Waals surface area contributed by atoms with Gasteiger partial charge in [0, 0.05) is 5.02 Å². The van der Waals surface area contributed by atoms with Gasteiger partial charge in [0.25, 0.3) is 0 Å². The van der Waals surface area contributed by atoms with Crippen molar-refractivity contribution in [1.82, 2.24) is 0 Å². The lowest BCUT2D eigenvalue weighted by Gasteiger charge is -2.10. The quantitative estimate of drug-likeness (QED) is 0.642. The molecule has 1 aliphatic rings. The zero-order chi connectivity index (χ0) is 10.3. The summed E-state index contributed by atoms with van der Waals surface area (Å²) in [6, 6.07) is 6.23. The molecule has 74 valence electrons. The van der Waals surface area contributed by atoms with Gasteiger partial charge in [0.05, 0.1) is 0 Å². The number of rotatable bonds is 1. The van der Waals surface area contributed by atoms with Crippen LogP contribution in [0.1, 0.15) is 31.9 Å². The van der Waals surface area contributed by atoms with Crippen LogP contribution in [0.5, 0.6) is 0 Å². The second kappa shape index (κ2) is 3.43. The van der Waals surface area contributed by atoms with E-state index in [0.29, 0.717) is 5.92 Å². The molecule has 0 N–H and O–H groups in total. The zero-order valence-electron chi connectivity index (χ0n) is 8.89. The molecule has 2 rings (SSSR count). The lowest BCUT2D eigenvalue weighted by Crippen LogP contribution is -1.92. The first kappa shape index (κ1) is 9.79. The van der Waals surface area contributed by atoms with Crippen molar-refractivity contribution in [3.05, 3.63) is 39.9 Å². The zero-order valence-corrected chi connectivity index (χ0v) is 9.65. The Kier molecular flexibility index (Phi) is 2.40. The van der Waals surface area contributed by atoms with Gasteiger partial charge in [-0.2, -0.15) is 0 Å². The summed E-state index contributed by atoms with van der Waals surface area (Å²) in [5.41, 5.74) is 5.78. The first-order valence-electron chi connectivity index (χ1n) is 5.08. The molecule has 0 spiro atoms. The van der Waals surface area contributed by atoms with Gasteiger partial charge in [-0.05, 0) is 48.1 Å². The van der Waals surface area contributed by atoms with E-state index in [1.165, 1.54) is 22.3 Å². The van der Waals surface area contributed by atoms with E-state index in [1.54, 1.807) is 0 Å². The van der Waals surface area contributed by atoms with Gasteiger partial charge in [-0.15, -0.1) is 0 Å². The summed E-state index contributed by atoms with van der Waals surface area (Å²) in [5.74, 6) is 0.592. The van der Waals surface area contributed by atoms with E-state index in [4.69, 9.17) is 11.6 Å². The molecule has 1 aromatic carbocycles. The van der Waals surface area contributed by atoms with Crippen LogP contribution in [0, 0.1) is 5.92 Å². The highest BCUT2D eigenvalue weighted by Crippen LogP contribution is 2.38. The second-order valence-electron chi connectivity index (χ2n) is 4.33. The van der Waals surface area contributed by atoms with E-state index >= 15 is 0 Å². The molecular weight excluding hydrogens is 192 g/mol. The molecule has 0 heterocycles. The van der Waals surface area contributed by atoms with E-state index in [-0.39, 0.29) is 0 Å². The highest BCUT2D eigenvalue weighted by atomic mass is 35.5. The van der Waals surface area contributed by atoms with Crippen molar-refractivity contribution in [3.63, 3.8) is 0 Å². The summed E-state index contributed by atoms with van der Waals surface area (Å²) >= 11 is 6.02. The molecule has 0 saturated carbocycles. The molecule has 0 aromatic heterocycles. The van der Waals surface area contributed by atoms with Crippen LogP contribution < -0.4 is 0 Å². The van der Waals surface area contributed by atoms with Crippen molar-refractivity contribution in [3.8, 4) is 0 Å². The Morgan fingerprint density at radius 2 is 2.00 bits per heavy atom. The van der Waals surface area contributed by atoms with Crippen LogP contribution in [0.25, 0.3) is 5.57 Å². The highest BCUT2D eigenvalue weighted by molar-refractivity contribution is 6.30. The summed E-state index contributed by atoms with van der Waals surface area (Å²) < 4.78 is 0. The summed E-state index contributed by atoms with van der Waals surface area (Å²) in [5, 5.41) is 0.844. The van der Waals surface area contributed by atoms with Gasteiger partial charge < -0.3 is 0 Å². The Morgan fingerprint density at radius 3 is 2.64 bits per heavy atom. The summed E-state index contributed by atoms with van der Waals surface area (Å²) in [7, 11) is 0. The SMILES string of the molecule is CC1=C(C(C)C)c2cc(Cl)ccc2C1. The third-order valence-electron chi connectivity index (χ3n) is 2.85. The van der Waals surface area contributed by atoms with E-state index < -0.39 is 0 Å². The molecule has 0 fully saturated rings. The van der Waals surface area contributed by atoms with Crippen molar-refractivity contribution >= 4 is 17.2 Å². The first-order valence-corrected chi connectivity index (χ1v) is 5.46. The van der Waals surface area contributed by atoms with Crippen LogP contribution in [-0.2, 0) is 6.42 Å². The Balaban J connectivity index is 2.56. The molecule has 1 heteroatoms. The maximum Gasteiger partial charge on any atom is 0.0412 e. The fraction of sp³-hybridized carbons (Fsp3) is 0.385. The van der Waals surface area contributed by atoms with E-state index in [9.17, 15) is 0 Å². The molecule has 1 aromatic rings. The Labute approximate surface area is 90.6 Å². The molecule has 0 nitrogen and oxygen atoms in total. The smallest absolute Gasteiger partial charge is 0.0412 e. The van der Waals surface area contributed by atoms with Crippen LogP contribution in [0.15, 0.2) is 23.8 Å². The standard InChI is InChI=1S/C13H15Cl/c1-8(2)13-9(3)6-10-4-5-11(14)7-12(10)13/h4-5,7-8H,6H2,1-3H3. The first-order chi connectivity index (χ1) is 6.59. The van der Waals surface area contributed by atoms with Gasteiger partial charge in [0.15, 0.2) is 0 Å². The fourth-order valence-corrected chi connectivity index (χ4v) is 2.54. The topological polar surface area (TPSA) is 0 Å². The Hall–Kier alpha value is -0.750. The largest absolute Gasteiger partial charge is 0.0843 e. The predicted molar refractivity (Wildman–Crippen MR) is 62.6 cm³/mol. The normalized spacial score (nSPS) is 15.2. The van der Waals surface area contributed by atoms with Gasteiger partial charge >= 0.3 is 0 Å². The van der Waals surface area contributed by atoms with Gasteiger partial charge in [0.1, 0.15) is 0 Å². The van der Waals surface area contributed by atoms with Crippen molar-refractivity contribution in [2.75, 3.05) is 0 Å². The molecule has 1 aliphatic carbocycles. The third-order valence-corrected chi connectivity index (χ3v) is 3.09. The van der Waals surface area contributed by atoms with Gasteiger partial charge in [-0.25, -0.2) is 0 Å². The van der Waals surface area contributed by atoms with Gasteiger partial charge in [-0.3, -0.25) is 0 Å². The van der Waals surface area contributed by atoms with Crippen molar-refractivity contribution in [1.29, 1.82) is 0 Å². The van der Waals surface area contributed by atoms with Gasteiger partial charge in [0.2, 0.25) is 0 Å². The number of hydrogen-bond donors (Lipinski definition) is 0. The van der Waals surface area contributed by atoms with E-state index in [0.717, 1.165) is 11.4 Å². The molecule has 0 radical (unpaired) electrons. The lowest BCUT2D eigenvalue weighted by molar-refractivity contribution is 0.851. The molecule has 14 heavy (non-hydrogen) atoms. The number of fused-ring (bicyclic) bond motifs is 1. The molecule has 0 aliphatic heterocycles. The number of benzene rings is 1. The molecule has 0 unspecified atom stereocenters. The van der Waals surface area contributed by atoms with Crippen molar-refractivity contribution in [2.45, 2.75) is 27.2 Å². The number of hydrogen-bond acceptors (Lipinski definition) is 0. The van der Waals surface area contributed by atoms with Crippen LogP contribution in [0.4, 0.5) is 0 Å². The summed E-state index contributed by atoms with van der Waals surface area (Å²) in [6.45, 7) is 6.72. The summed E-state index contributed by atoms with van der Waals surface area (Å²) in [4.78, 5) is 0. The maximum atomic E-state index is 6.02. The van der Waals surface area contributed by atoms with E-state index in [2.05, 4.69) is 32.9 Å². The monoisotopic (exact) mass is 206 g/mol. The molecule has 0 atom stereocenters. The number of allylic oxidation sites excluding steroid dienone is 2. The molecule has 0 bridgehead atoms. The average molecular weight is 207 g/mol. The average Bonchev–Trinajstić information content (AvgIpc) is 2.40. The van der Waals surface area contributed by atoms with Crippen molar-refractivity contribution < 1.29 is 0 Å². The molecular formula is C13H15Cl. The summed E-state index contributed by atoms with van der Waals surface area (Å²) in [6.07, 6.45) is 1.10. The minimum atomic E-state index is 0.592. The predicted octanol–water partition coefficient (Wildman–Crippen LogP) is 4.33. The fourth-order valence-electron chi connectivity index (χ4n) is 2.37. The van der Waals surface area contributed by atoms with Gasteiger partial charge in [-0.1, -0.05) is 37.1 Å².